The number of carbonyl (C=O) groups excluding carboxylic acids is 1. The normalized spacial score (nSPS) is 11.1. The Labute approximate surface area is 83.9 Å². The average molecular weight is 194 g/mol. The lowest BCUT2D eigenvalue weighted by molar-refractivity contribution is -0.133. The Morgan fingerprint density at radius 1 is 1.43 bits per heavy atom. The molecule has 1 N–H and O–H groups in total. The third kappa shape index (κ3) is 3.88. The minimum atomic E-state index is -0.207. The smallest absolute Gasteiger partial charge is 0.228 e. The maximum atomic E-state index is 11.6. The van der Waals surface area contributed by atoms with Gasteiger partial charge in [0.25, 0.3) is 0 Å². The fraction of sp³-hybridized carbons (Fsp3) is 0.667. The number of hydrogen-bond donors (Lipinski definition) is 1. The number of nitrogens with zero attached hydrogens (tertiary/aromatic N) is 3. The van der Waals surface area contributed by atoms with Gasteiger partial charge in [0.15, 0.2) is 0 Å². The molecule has 1 unspecified atom stereocenters. The van der Waals surface area contributed by atoms with Gasteiger partial charge in [-0.05, 0) is 7.05 Å². The average Bonchev–Trinajstić information content (AvgIpc) is 2.17. The van der Waals surface area contributed by atoms with E-state index in [1.165, 1.54) is 4.90 Å². The van der Waals surface area contributed by atoms with Crippen LogP contribution in [0.3, 0.4) is 0 Å². The van der Waals surface area contributed by atoms with Crippen molar-refractivity contribution in [3.05, 3.63) is 0 Å². The molecule has 0 aliphatic rings. The van der Waals surface area contributed by atoms with E-state index in [1.54, 1.807) is 14.0 Å². The van der Waals surface area contributed by atoms with Crippen LogP contribution in [0.2, 0.25) is 0 Å². The molecule has 0 radical (unpaired) electrons. The third-order valence-electron chi connectivity index (χ3n) is 1.77. The molecule has 1 amide bonds. The maximum absolute atomic E-state index is 11.6. The van der Waals surface area contributed by atoms with Crippen molar-refractivity contribution in [1.82, 2.24) is 10.2 Å². The monoisotopic (exact) mass is 194 g/mol. The summed E-state index contributed by atoms with van der Waals surface area (Å²) < 4.78 is 0. The van der Waals surface area contributed by atoms with Gasteiger partial charge >= 0.3 is 0 Å². The van der Waals surface area contributed by atoms with Crippen molar-refractivity contribution in [2.75, 3.05) is 26.7 Å². The fourth-order valence-electron chi connectivity index (χ4n) is 1.09. The van der Waals surface area contributed by atoms with Crippen LogP contribution >= 0.6 is 0 Å². The molecule has 5 heteroatoms. The van der Waals surface area contributed by atoms with Crippen LogP contribution in [-0.2, 0) is 4.79 Å². The van der Waals surface area contributed by atoms with Crippen LogP contribution in [0.25, 0.3) is 0 Å². The van der Waals surface area contributed by atoms with Gasteiger partial charge in [0.2, 0.25) is 5.91 Å². The summed E-state index contributed by atoms with van der Waals surface area (Å²) in [6, 6.07) is 3.73. The zero-order chi connectivity index (χ0) is 11.0. The second-order valence-corrected chi connectivity index (χ2v) is 2.97. The van der Waals surface area contributed by atoms with Gasteiger partial charge in [-0.3, -0.25) is 4.79 Å². The van der Waals surface area contributed by atoms with E-state index in [2.05, 4.69) is 5.32 Å². The molecule has 0 aromatic heterocycles. The molecule has 0 saturated heterocycles. The van der Waals surface area contributed by atoms with Crippen LogP contribution in [-0.4, -0.2) is 37.5 Å². The first-order chi connectivity index (χ1) is 6.67. The molecule has 14 heavy (non-hydrogen) atoms. The zero-order valence-corrected chi connectivity index (χ0v) is 8.45. The Bertz CT molecular complexity index is 247. The van der Waals surface area contributed by atoms with Gasteiger partial charge in [0.05, 0.1) is 12.1 Å². The summed E-state index contributed by atoms with van der Waals surface area (Å²) in [5.41, 5.74) is 0. The molecule has 0 fully saturated rings. The highest BCUT2D eigenvalue weighted by Gasteiger charge is 2.18. The van der Waals surface area contributed by atoms with Crippen molar-refractivity contribution in [3.63, 3.8) is 0 Å². The SMILES string of the molecule is CNCC(C)C(=O)N(CC#N)CC#N. The van der Waals surface area contributed by atoms with Gasteiger partial charge in [0, 0.05) is 12.5 Å². The molecule has 0 aliphatic carbocycles. The Morgan fingerprint density at radius 2 is 1.93 bits per heavy atom. The van der Waals surface area contributed by atoms with E-state index in [-0.39, 0.29) is 24.9 Å². The van der Waals surface area contributed by atoms with E-state index in [0.29, 0.717) is 6.54 Å². The van der Waals surface area contributed by atoms with Crippen LogP contribution in [0.15, 0.2) is 0 Å². The summed E-state index contributed by atoms with van der Waals surface area (Å²) in [6.07, 6.45) is 0. The number of rotatable bonds is 5. The van der Waals surface area contributed by atoms with Crippen LogP contribution < -0.4 is 5.32 Å². The van der Waals surface area contributed by atoms with Gasteiger partial charge in [-0.2, -0.15) is 10.5 Å². The van der Waals surface area contributed by atoms with E-state index in [0.717, 1.165) is 0 Å². The Morgan fingerprint density at radius 3 is 2.29 bits per heavy atom. The molecule has 0 bridgehead atoms. The lowest BCUT2D eigenvalue weighted by Crippen LogP contribution is -2.39. The summed E-state index contributed by atoms with van der Waals surface area (Å²) in [5.74, 6) is -0.371. The van der Waals surface area contributed by atoms with Crippen molar-refractivity contribution in [3.8, 4) is 12.1 Å². The minimum absolute atomic E-state index is 0.0273. The quantitative estimate of drug-likeness (QED) is 0.610. The molecule has 5 nitrogen and oxygen atoms in total. The first-order valence-corrected chi connectivity index (χ1v) is 4.34. The molecule has 0 aromatic carbocycles. The second kappa shape index (κ2) is 6.88. The first kappa shape index (κ1) is 12.4. The van der Waals surface area contributed by atoms with Gasteiger partial charge in [-0.15, -0.1) is 0 Å². The van der Waals surface area contributed by atoms with Crippen molar-refractivity contribution in [2.45, 2.75) is 6.92 Å². The predicted octanol–water partition coefficient (Wildman–Crippen LogP) is -0.282. The fourth-order valence-corrected chi connectivity index (χ4v) is 1.09. The standard InChI is InChI=1S/C9H14N4O/c1-8(7-12-2)9(14)13(5-3-10)6-4-11/h8,12H,5-7H2,1-2H3. The molecule has 0 heterocycles. The lowest BCUT2D eigenvalue weighted by Gasteiger charge is -2.20. The van der Waals surface area contributed by atoms with Crippen LogP contribution in [0, 0.1) is 28.6 Å². The molecule has 76 valence electrons. The molecular formula is C9H14N4O. The highest BCUT2D eigenvalue weighted by Crippen LogP contribution is 2.00. The number of nitrogens with one attached hydrogen (secondary N) is 1. The van der Waals surface area contributed by atoms with E-state index in [9.17, 15) is 4.79 Å². The number of hydrogen-bond acceptors (Lipinski definition) is 4. The number of amides is 1. The van der Waals surface area contributed by atoms with E-state index >= 15 is 0 Å². The van der Waals surface area contributed by atoms with Gasteiger partial charge < -0.3 is 10.2 Å². The Balaban J connectivity index is 4.29. The van der Waals surface area contributed by atoms with Crippen molar-refractivity contribution >= 4 is 5.91 Å². The first-order valence-electron chi connectivity index (χ1n) is 4.34. The molecule has 0 aromatic rings. The van der Waals surface area contributed by atoms with Crippen molar-refractivity contribution in [2.24, 2.45) is 5.92 Å². The van der Waals surface area contributed by atoms with E-state index in [1.807, 2.05) is 12.1 Å². The molecule has 0 rings (SSSR count). The lowest BCUT2D eigenvalue weighted by atomic mass is 10.1. The number of nitriles is 2. The Kier molecular flexibility index (Phi) is 6.09. The highest BCUT2D eigenvalue weighted by atomic mass is 16.2. The van der Waals surface area contributed by atoms with Crippen molar-refractivity contribution < 1.29 is 4.79 Å². The highest BCUT2D eigenvalue weighted by molar-refractivity contribution is 5.79. The summed E-state index contributed by atoms with van der Waals surface area (Å²) in [4.78, 5) is 12.8. The minimum Gasteiger partial charge on any atom is -0.319 e. The predicted molar refractivity (Wildman–Crippen MR) is 50.9 cm³/mol. The zero-order valence-electron chi connectivity index (χ0n) is 8.45. The van der Waals surface area contributed by atoms with Gasteiger partial charge in [0.1, 0.15) is 13.1 Å². The summed E-state index contributed by atoms with van der Waals surface area (Å²) >= 11 is 0. The molecule has 0 spiro atoms. The van der Waals surface area contributed by atoms with E-state index < -0.39 is 0 Å². The Hall–Kier alpha value is -1.59. The number of carbonyl (C=O) groups is 1. The van der Waals surface area contributed by atoms with E-state index in [4.69, 9.17) is 10.5 Å². The maximum Gasteiger partial charge on any atom is 0.228 e. The van der Waals surface area contributed by atoms with Crippen LogP contribution in [0.4, 0.5) is 0 Å². The molecule has 0 saturated carbocycles. The second-order valence-electron chi connectivity index (χ2n) is 2.97. The largest absolute Gasteiger partial charge is 0.319 e. The molecule has 0 aliphatic heterocycles. The van der Waals surface area contributed by atoms with Gasteiger partial charge in [-0.25, -0.2) is 0 Å². The summed E-state index contributed by atoms with van der Waals surface area (Å²) in [5, 5.41) is 19.8. The van der Waals surface area contributed by atoms with Crippen LogP contribution in [0.1, 0.15) is 6.92 Å². The van der Waals surface area contributed by atoms with Gasteiger partial charge in [-0.1, -0.05) is 6.92 Å². The summed E-state index contributed by atoms with van der Waals surface area (Å²) in [7, 11) is 1.75. The molecule has 1 atom stereocenters. The summed E-state index contributed by atoms with van der Waals surface area (Å²) in [6.45, 7) is 2.26. The third-order valence-corrected chi connectivity index (χ3v) is 1.77. The van der Waals surface area contributed by atoms with Crippen LogP contribution in [0.5, 0.6) is 0 Å². The topological polar surface area (TPSA) is 79.9 Å². The van der Waals surface area contributed by atoms with Crippen molar-refractivity contribution in [1.29, 1.82) is 10.5 Å². The molecular weight excluding hydrogens is 180 g/mol.